The SMILES string of the molecule is Oc1ccccc1.[In]. The topological polar surface area (TPSA) is 20.2 Å². The molecule has 0 saturated carbocycles. The summed E-state index contributed by atoms with van der Waals surface area (Å²) in [7, 11) is 0. The van der Waals surface area contributed by atoms with Crippen molar-refractivity contribution in [1.82, 2.24) is 0 Å². The Kier molecular flexibility index (Phi) is 3.79. The van der Waals surface area contributed by atoms with Crippen LogP contribution in [0, 0.1) is 0 Å². The van der Waals surface area contributed by atoms with E-state index in [1.807, 2.05) is 6.07 Å². The van der Waals surface area contributed by atoms with Crippen molar-refractivity contribution in [3.05, 3.63) is 30.3 Å². The molecule has 0 unspecified atom stereocenters. The second kappa shape index (κ2) is 3.84. The molecule has 1 aromatic rings. The Morgan fingerprint density at radius 1 is 1.00 bits per heavy atom. The van der Waals surface area contributed by atoms with Crippen LogP contribution in [-0.2, 0) is 0 Å². The minimum atomic E-state index is 0. The molecule has 0 fully saturated rings. The van der Waals surface area contributed by atoms with Gasteiger partial charge in [0.15, 0.2) is 0 Å². The van der Waals surface area contributed by atoms with Crippen LogP contribution in [0.2, 0.25) is 0 Å². The summed E-state index contributed by atoms with van der Waals surface area (Å²) in [6.07, 6.45) is 0. The molecule has 0 saturated heterocycles. The molecule has 0 spiro atoms. The van der Waals surface area contributed by atoms with Gasteiger partial charge in [-0.2, -0.15) is 0 Å². The molecule has 8 heavy (non-hydrogen) atoms. The molecule has 39 valence electrons. The molecule has 0 aliphatic carbocycles. The van der Waals surface area contributed by atoms with Gasteiger partial charge in [-0.15, -0.1) is 0 Å². The number of phenolic OH excluding ortho intramolecular Hbond substituents is 1. The van der Waals surface area contributed by atoms with Gasteiger partial charge in [-0.25, -0.2) is 0 Å². The van der Waals surface area contributed by atoms with Crippen molar-refractivity contribution in [2.45, 2.75) is 0 Å². The van der Waals surface area contributed by atoms with Crippen LogP contribution in [0.5, 0.6) is 5.75 Å². The fraction of sp³-hybridized carbons (Fsp3) is 0. The zero-order chi connectivity index (χ0) is 5.11. The van der Waals surface area contributed by atoms with Gasteiger partial charge in [0.2, 0.25) is 0 Å². The van der Waals surface area contributed by atoms with Gasteiger partial charge in [-0.1, -0.05) is 18.2 Å². The van der Waals surface area contributed by atoms with E-state index in [2.05, 4.69) is 0 Å². The summed E-state index contributed by atoms with van der Waals surface area (Å²) < 4.78 is 0. The number of phenols is 1. The van der Waals surface area contributed by atoms with E-state index < -0.39 is 0 Å². The van der Waals surface area contributed by atoms with Gasteiger partial charge in [0, 0.05) is 25.8 Å². The summed E-state index contributed by atoms with van der Waals surface area (Å²) in [5.74, 6) is 0.322. The first kappa shape index (κ1) is 7.89. The molecule has 0 atom stereocenters. The Balaban J connectivity index is 0.000000490. The molecule has 1 rings (SSSR count). The number of benzene rings is 1. The Labute approximate surface area is 67.1 Å². The molecule has 1 N–H and O–H groups in total. The first-order valence-corrected chi connectivity index (χ1v) is 2.13. The quantitative estimate of drug-likeness (QED) is 0.675. The van der Waals surface area contributed by atoms with Crippen LogP contribution in [0.25, 0.3) is 0 Å². The average molecular weight is 209 g/mol. The summed E-state index contributed by atoms with van der Waals surface area (Å²) >= 11 is 0. The van der Waals surface area contributed by atoms with E-state index in [1.165, 1.54) is 0 Å². The fourth-order valence-corrected chi connectivity index (χ4v) is 0.428. The van der Waals surface area contributed by atoms with Crippen LogP contribution in [0.1, 0.15) is 0 Å². The summed E-state index contributed by atoms with van der Waals surface area (Å²) in [6.45, 7) is 0. The van der Waals surface area contributed by atoms with Crippen LogP contribution < -0.4 is 0 Å². The minimum absolute atomic E-state index is 0. The van der Waals surface area contributed by atoms with Gasteiger partial charge in [-0.05, 0) is 12.1 Å². The summed E-state index contributed by atoms with van der Waals surface area (Å²) in [5.41, 5.74) is 0. The predicted molar refractivity (Wildman–Crippen MR) is 33.9 cm³/mol. The maximum Gasteiger partial charge on any atom is 0.115 e. The van der Waals surface area contributed by atoms with E-state index in [0.29, 0.717) is 5.75 Å². The van der Waals surface area contributed by atoms with E-state index in [-0.39, 0.29) is 25.8 Å². The van der Waals surface area contributed by atoms with Crippen molar-refractivity contribution >= 4 is 25.8 Å². The predicted octanol–water partition coefficient (Wildman–Crippen LogP) is 1.01. The molecular formula is C6H6InO. The summed E-state index contributed by atoms with van der Waals surface area (Å²) in [6, 6.07) is 8.71. The van der Waals surface area contributed by atoms with Gasteiger partial charge in [0.1, 0.15) is 5.75 Å². The van der Waals surface area contributed by atoms with Crippen molar-refractivity contribution < 1.29 is 5.11 Å². The first-order valence-electron chi connectivity index (χ1n) is 2.13. The molecule has 0 aliphatic rings. The van der Waals surface area contributed by atoms with Gasteiger partial charge in [0.25, 0.3) is 0 Å². The van der Waals surface area contributed by atoms with E-state index in [9.17, 15) is 0 Å². The van der Waals surface area contributed by atoms with E-state index in [0.717, 1.165) is 0 Å². The van der Waals surface area contributed by atoms with Crippen molar-refractivity contribution in [2.24, 2.45) is 0 Å². The molecule has 0 aliphatic heterocycles. The van der Waals surface area contributed by atoms with Crippen LogP contribution in [0.4, 0.5) is 0 Å². The maximum atomic E-state index is 8.63. The Morgan fingerprint density at radius 2 is 1.50 bits per heavy atom. The number of para-hydroxylation sites is 1. The molecule has 0 amide bonds. The number of rotatable bonds is 0. The Bertz CT molecular complexity index is 138. The van der Waals surface area contributed by atoms with Gasteiger partial charge < -0.3 is 5.11 Å². The number of hydrogen-bond acceptors (Lipinski definition) is 1. The van der Waals surface area contributed by atoms with Crippen molar-refractivity contribution in [2.75, 3.05) is 0 Å². The average Bonchev–Trinajstić information content (AvgIpc) is 1.69. The summed E-state index contributed by atoms with van der Waals surface area (Å²) in [4.78, 5) is 0. The second-order valence-corrected chi connectivity index (χ2v) is 1.34. The fourth-order valence-electron chi connectivity index (χ4n) is 0.428. The standard InChI is InChI=1S/C6H6O.In/c7-6-4-2-1-3-5-6;/h1-5,7H;. The number of hydrogen-bond donors (Lipinski definition) is 1. The van der Waals surface area contributed by atoms with Crippen molar-refractivity contribution in [3.63, 3.8) is 0 Å². The third-order valence-electron chi connectivity index (χ3n) is 0.756. The smallest absolute Gasteiger partial charge is 0.115 e. The summed E-state index contributed by atoms with van der Waals surface area (Å²) in [5, 5.41) is 8.63. The van der Waals surface area contributed by atoms with E-state index >= 15 is 0 Å². The Hall–Kier alpha value is -0.110. The zero-order valence-corrected chi connectivity index (χ0v) is 7.71. The second-order valence-electron chi connectivity index (χ2n) is 1.34. The third-order valence-corrected chi connectivity index (χ3v) is 0.756. The van der Waals surface area contributed by atoms with Gasteiger partial charge in [0.05, 0.1) is 0 Å². The first-order chi connectivity index (χ1) is 3.39. The van der Waals surface area contributed by atoms with E-state index in [4.69, 9.17) is 5.11 Å². The molecule has 0 heterocycles. The molecule has 1 nitrogen and oxygen atoms in total. The molecule has 3 radical (unpaired) electrons. The number of aromatic hydroxyl groups is 1. The molecule has 1 aromatic carbocycles. The monoisotopic (exact) mass is 209 g/mol. The molecule has 0 bridgehead atoms. The van der Waals surface area contributed by atoms with Gasteiger partial charge >= 0.3 is 0 Å². The van der Waals surface area contributed by atoms with Crippen LogP contribution in [-0.4, -0.2) is 30.9 Å². The maximum absolute atomic E-state index is 8.63. The zero-order valence-electron chi connectivity index (χ0n) is 4.41. The van der Waals surface area contributed by atoms with Crippen molar-refractivity contribution in [3.8, 4) is 5.75 Å². The van der Waals surface area contributed by atoms with Gasteiger partial charge in [-0.3, -0.25) is 0 Å². The molecular weight excluding hydrogens is 203 g/mol. The van der Waals surface area contributed by atoms with Crippen LogP contribution in [0.3, 0.4) is 0 Å². The van der Waals surface area contributed by atoms with Crippen molar-refractivity contribution in [1.29, 1.82) is 0 Å². The minimum Gasteiger partial charge on any atom is -0.508 e. The molecule has 0 aromatic heterocycles. The van der Waals surface area contributed by atoms with E-state index in [1.54, 1.807) is 24.3 Å². The largest absolute Gasteiger partial charge is 0.508 e. The Morgan fingerprint density at radius 3 is 1.75 bits per heavy atom. The third kappa shape index (κ3) is 2.26. The normalized spacial score (nSPS) is 7.50. The van der Waals surface area contributed by atoms with Crippen LogP contribution in [0.15, 0.2) is 30.3 Å². The molecule has 2 heteroatoms. The van der Waals surface area contributed by atoms with Crippen LogP contribution >= 0.6 is 0 Å².